The Kier molecular flexibility index (Phi) is 5.95. The molecular formula is C25H27N5O3S. The SMILES string of the molecule is C/C(=N\NC(=O)c1ccc(C(=O)N2CCCC2)s1)c1nn(C)c(-c2ccc3c(c2)CCC3)c1O. The molecule has 2 aliphatic rings. The van der Waals surface area contributed by atoms with E-state index in [9.17, 15) is 14.7 Å². The fraction of sp³-hybridized carbons (Fsp3) is 0.360. The lowest BCUT2D eigenvalue weighted by Gasteiger charge is -2.13. The highest BCUT2D eigenvalue weighted by molar-refractivity contribution is 7.15. The average molecular weight is 478 g/mol. The second-order valence-corrected chi connectivity index (χ2v) is 9.89. The van der Waals surface area contributed by atoms with Crippen LogP contribution in [-0.4, -0.2) is 50.4 Å². The van der Waals surface area contributed by atoms with Crippen molar-refractivity contribution in [3.05, 3.63) is 56.9 Å². The molecule has 2 N–H and O–H groups in total. The summed E-state index contributed by atoms with van der Waals surface area (Å²) in [5, 5.41) is 19.5. The lowest BCUT2D eigenvalue weighted by Crippen LogP contribution is -2.26. The summed E-state index contributed by atoms with van der Waals surface area (Å²) in [6, 6.07) is 9.57. The van der Waals surface area contributed by atoms with Crippen LogP contribution < -0.4 is 5.43 Å². The van der Waals surface area contributed by atoms with Gasteiger partial charge in [0.25, 0.3) is 11.8 Å². The Balaban J connectivity index is 1.31. The molecule has 34 heavy (non-hydrogen) atoms. The zero-order valence-corrected chi connectivity index (χ0v) is 20.1. The van der Waals surface area contributed by atoms with Gasteiger partial charge in [-0.05, 0) is 68.4 Å². The van der Waals surface area contributed by atoms with Crippen molar-refractivity contribution in [1.29, 1.82) is 0 Å². The number of benzene rings is 1. The number of carbonyl (C=O) groups excluding carboxylic acids is 2. The maximum absolute atomic E-state index is 12.6. The summed E-state index contributed by atoms with van der Waals surface area (Å²) in [7, 11) is 1.78. The standard InChI is InChI=1S/C25H27N5O3S/c1-15(26-27-24(32)19-10-11-20(34-19)25(33)30-12-3-4-13-30)21-23(31)22(29(2)28-21)18-9-8-16-6-5-7-17(16)14-18/h8-11,14,31H,3-7,12-13H2,1-2H3,(H,27,32)/b26-15+. The Hall–Kier alpha value is -3.46. The Morgan fingerprint density at radius 2 is 1.79 bits per heavy atom. The molecule has 3 aromatic rings. The topological polar surface area (TPSA) is 99.8 Å². The second kappa shape index (κ2) is 9.06. The highest BCUT2D eigenvalue weighted by Gasteiger charge is 2.23. The van der Waals surface area contributed by atoms with E-state index in [2.05, 4.69) is 27.8 Å². The highest BCUT2D eigenvalue weighted by atomic mass is 32.1. The number of hydrogen-bond acceptors (Lipinski definition) is 6. The van der Waals surface area contributed by atoms with E-state index < -0.39 is 5.91 Å². The molecule has 2 aromatic heterocycles. The van der Waals surface area contributed by atoms with Gasteiger partial charge in [-0.15, -0.1) is 11.3 Å². The molecule has 0 saturated carbocycles. The van der Waals surface area contributed by atoms with Gasteiger partial charge in [0.2, 0.25) is 0 Å². The van der Waals surface area contributed by atoms with E-state index in [1.165, 1.54) is 11.1 Å². The summed E-state index contributed by atoms with van der Waals surface area (Å²) >= 11 is 1.16. The smallest absolute Gasteiger partial charge is 0.281 e. The van der Waals surface area contributed by atoms with E-state index >= 15 is 0 Å². The summed E-state index contributed by atoms with van der Waals surface area (Å²) in [6.45, 7) is 3.22. The zero-order chi connectivity index (χ0) is 23.8. The van der Waals surface area contributed by atoms with Crippen LogP contribution >= 0.6 is 11.3 Å². The van der Waals surface area contributed by atoms with Gasteiger partial charge in [-0.3, -0.25) is 14.3 Å². The van der Waals surface area contributed by atoms with Gasteiger partial charge in [0.15, 0.2) is 11.4 Å². The number of nitrogens with zero attached hydrogens (tertiary/aromatic N) is 4. The maximum atomic E-state index is 12.6. The minimum absolute atomic E-state index is 0.0290. The average Bonchev–Trinajstić information content (AvgIpc) is 3.63. The number of likely N-dealkylation sites (tertiary alicyclic amines) is 1. The minimum Gasteiger partial charge on any atom is -0.504 e. The van der Waals surface area contributed by atoms with Crippen LogP contribution in [-0.2, 0) is 19.9 Å². The van der Waals surface area contributed by atoms with Crippen molar-refractivity contribution in [2.75, 3.05) is 13.1 Å². The molecule has 9 heteroatoms. The molecule has 1 aliphatic heterocycles. The summed E-state index contributed by atoms with van der Waals surface area (Å²) in [6.07, 6.45) is 5.35. The molecule has 0 atom stereocenters. The van der Waals surface area contributed by atoms with Crippen molar-refractivity contribution in [2.24, 2.45) is 12.1 Å². The predicted octanol–water partition coefficient (Wildman–Crippen LogP) is 3.73. The van der Waals surface area contributed by atoms with E-state index in [-0.39, 0.29) is 11.7 Å². The molecule has 0 bridgehead atoms. The van der Waals surface area contributed by atoms with Gasteiger partial charge >= 0.3 is 0 Å². The van der Waals surface area contributed by atoms with E-state index in [0.717, 1.165) is 62.1 Å². The van der Waals surface area contributed by atoms with Gasteiger partial charge in [-0.1, -0.05) is 12.1 Å². The number of nitrogens with one attached hydrogen (secondary N) is 1. The number of aromatic hydroxyl groups is 1. The molecule has 1 fully saturated rings. The van der Waals surface area contributed by atoms with Gasteiger partial charge in [0, 0.05) is 25.7 Å². The van der Waals surface area contributed by atoms with Crippen molar-refractivity contribution in [1.82, 2.24) is 20.1 Å². The lowest BCUT2D eigenvalue weighted by atomic mass is 10.0. The summed E-state index contributed by atoms with van der Waals surface area (Å²) in [5.74, 6) is -0.400. The first-order valence-corrected chi connectivity index (χ1v) is 12.4. The van der Waals surface area contributed by atoms with Gasteiger partial charge in [-0.2, -0.15) is 10.2 Å². The van der Waals surface area contributed by atoms with Crippen LogP contribution in [0, 0.1) is 0 Å². The Labute approximate surface area is 201 Å². The lowest BCUT2D eigenvalue weighted by molar-refractivity contribution is 0.0797. The summed E-state index contributed by atoms with van der Waals surface area (Å²) in [4.78, 5) is 27.9. The van der Waals surface area contributed by atoms with Crippen molar-refractivity contribution in [3.63, 3.8) is 0 Å². The fourth-order valence-corrected chi connectivity index (χ4v) is 5.56. The molecule has 0 unspecified atom stereocenters. The predicted molar refractivity (Wildman–Crippen MR) is 131 cm³/mol. The third kappa shape index (κ3) is 4.11. The molecule has 176 valence electrons. The van der Waals surface area contributed by atoms with Gasteiger partial charge in [0.1, 0.15) is 5.69 Å². The summed E-state index contributed by atoms with van der Waals surface area (Å²) in [5.41, 5.74) is 7.43. The van der Waals surface area contributed by atoms with Crippen molar-refractivity contribution >= 4 is 28.9 Å². The normalized spacial score (nSPS) is 15.6. The molecular weight excluding hydrogens is 450 g/mol. The van der Waals surface area contributed by atoms with Crippen LogP contribution in [0.15, 0.2) is 35.4 Å². The molecule has 1 aliphatic carbocycles. The quantitative estimate of drug-likeness (QED) is 0.432. The number of hydrazone groups is 1. The first-order chi connectivity index (χ1) is 16.4. The number of amides is 2. The number of rotatable bonds is 5. The third-order valence-electron chi connectivity index (χ3n) is 6.50. The van der Waals surface area contributed by atoms with E-state index in [1.54, 1.807) is 30.8 Å². The second-order valence-electron chi connectivity index (χ2n) is 8.81. The molecule has 0 radical (unpaired) electrons. The van der Waals surface area contributed by atoms with Crippen LogP contribution in [0.4, 0.5) is 0 Å². The molecule has 2 amide bonds. The largest absolute Gasteiger partial charge is 0.504 e. The maximum Gasteiger partial charge on any atom is 0.281 e. The Morgan fingerprint density at radius 3 is 2.59 bits per heavy atom. The molecule has 1 aromatic carbocycles. The Bertz CT molecular complexity index is 1300. The molecule has 3 heterocycles. The van der Waals surface area contributed by atoms with E-state index in [0.29, 0.717) is 26.9 Å². The molecule has 1 saturated heterocycles. The number of aryl methyl sites for hydroxylation is 3. The van der Waals surface area contributed by atoms with Crippen LogP contribution in [0.5, 0.6) is 5.75 Å². The van der Waals surface area contributed by atoms with Crippen LogP contribution in [0.2, 0.25) is 0 Å². The Morgan fingerprint density at radius 1 is 1.06 bits per heavy atom. The van der Waals surface area contributed by atoms with Crippen LogP contribution in [0.1, 0.15) is 62.4 Å². The minimum atomic E-state index is -0.404. The van der Waals surface area contributed by atoms with E-state index in [1.807, 2.05) is 11.0 Å². The third-order valence-corrected chi connectivity index (χ3v) is 7.57. The number of carbonyl (C=O) groups is 2. The first-order valence-electron chi connectivity index (χ1n) is 11.5. The van der Waals surface area contributed by atoms with E-state index in [4.69, 9.17) is 0 Å². The van der Waals surface area contributed by atoms with Gasteiger partial charge in [-0.25, -0.2) is 5.43 Å². The fourth-order valence-electron chi connectivity index (χ4n) is 4.69. The zero-order valence-electron chi connectivity index (χ0n) is 19.3. The molecule has 8 nitrogen and oxygen atoms in total. The van der Waals surface area contributed by atoms with Crippen LogP contribution in [0.25, 0.3) is 11.3 Å². The first kappa shape index (κ1) is 22.3. The monoisotopic (exact) mass is 477 g/mol. The number of aromatic nitrogens is 2. The molecule has 0 spiro atoms. The van der Waals surface area contributed by atoms with Crippen molar-refractivity contribution < 1.29 is 14.7 Å². The number of hydrogen-bond donors (Lipinski definition) is 2. The highest BCUT2D eigenvalue weighted by Crippen LogP contribution is 2.35. The molecule has 5 rings (SSSR count). The summed E-state index contributed by atoms with van der Waals surface area (Å²) < 4.78 is 1.64. The number of thiophene rings is 1. The van der Waals surface area contributed by atoms with Crippen molar-refractivity contribution in [2.45, 2.75) is 39.0 Å². The van der Waals surface area contributed by atoms with Gasteiger partial charge in [0.05, 0.1) is 15.5 Å². The van der Waals surface area contributed by atoms with Crippen molar-refractivity contribution in [3.8, 4) is 17.0 Å². The number of fused-ring (bicyclic) bond motifs is 1. The van der Waals surface area contributed by atoms with Gasteiger partial charge < -0.3 is 10.0 Å². The van der Waals surface area contributed by atoms with Crippen LogP contribution in [0.3, 0.4) is 0 Å².